The van der Waals surface area contributed by atoms with E-state index in [0.717, 1.165) is 31.4 Å². The van der Waals surface area contributed by atoms with Crippen molar-refractivity contribution in [3.8, 4) is 28.8 Å². The number of amides is 4. The summed E-state index contributed by atoms with van der Waals surface area (Å²) in [4.78, 5) is 99.5. The number of nitrogens with zero attached hydrogens (tertiary/aromatic N) is 10. The molecule has 1 atom stereocenters. The molecule has 1 aliphatic heterocycles. The highest BCUT2D eigenvalue weighted by Gasteiger charge is 2.39. The summed E-state index contributed by atoms with van der Waals surface area (Å²) in [6.45, 7) is 11.9. The number of carboxylic acids is 1. The summed E-state index contributed by atoms with van der Waals surface area (Å²) >= 11 is 25.6. The summed E-state index contributed by atoms with van der Waals surface area (Å²) in [5.74, 6) is -2.18. The maximum Gasteiger partial charge on any atom is 0.434 e. The highest BCUT2D eigenvalue weighted by atomic mass is 79.9. The first-order valence-electron chi connectivity index (χ1n) is 26.4. The molecule has 0 fully saturated rings. The summed E-state index contributed by atoms with van der Waals surface area (Å²) in [5.41, 5.74) is -1.33. The van der Waals surface area contributed by atoms with Crippen molar-refractivity contribution < 1.29 is 88.4 Å². The monoisotopic (exact) mass is 1500 g/mol. The zero-order valence-electron chi connectivity index (χ0n) is 50.9. The van der Waals surface area contributed by atoms with Crippen molar-refractivity contribution in [3.63, 3.8) is 0 Å². The Morgan fingerprint density at radius 1 is 0.914 bits per heavy atom. The quantitative estimate of drug-likeness (QED) is 0.0173. The molecule has 30 nitrogen and oxygen atoms in total. The summed E-state index contributed by atoms with van der Waals surface area (Å²) < 4.78 is 111. The fourth-order valence-electron chi connectivity index (χ4n) is 7.08. The minimum atomic E-state index is -4.69. The van der Waals surface area contributed by atoms with Gasteiger partial charge >= 0.3 is 31.7 Å². The van der Waals surface area contributed by atoms with Crippen molar-refractivity contribution in [2.24, 2.45) is 7.05 Å². The fraction of sp³-hybridized carbons (Fsp3) is 0.385. The number of alkyl halides is 5. The molecular weight excluding hydrogens is 1440 g/mol. The van der Waals surface area contributed by atoms with Gasteiger partial charge in [-0.1, -0.05) is 46.9 Å². The molecular formula is C52H63BrCl4F4N15O15PS. The topological polar surface area (TPSA) is 396 Å². The van der Waals surface area contributed by atoms with Gasteiger partial charge in [-0.3, -0.25) is 34.3 Å². The fourth-order valence-corrected chi connectivity index (χ4v) is 9.89. The Kier molecular flexibility index (Phi) is 31.0. The SMILES string of the molecule is CC(C)OC(=O)c1cc(-c2nn(C)c(C(F)(F)F)c2Br)c(F)cc1Cl.CC1COc2ccccc2N1C(=O)C(Cl)Cl.CCNc1nc(Cl)nc(NC(C)C)n1.COc1cc(OC)nc(NC(=O)NS(=O)(=O)c2ncccc2C(=O)N(C)C)n1.O=C(O)CNCP(=O)(O)O. The van der Waals surface area contributed by atoms with Crippen LogP contribution in [0.25, 0.3) is 11.3 Å². The van der Waals surface area contributed by atoms with Gasteiger partial charge in [0.05, 0.1) is 71.6 Å². The Morgan fingerprint density at radius 2 is 1.53 bits per heavy atom. The van der Waals surface area contributed by atoms with Crippen molar-refractivity contribution in [1.29, 1.82) is 0 Å². The second-order valence-corrected chi connectivity index (χ2v) is 25.0. The Balaban J connectivity index is 0.000000317. The minimum absolute atomic E-state index is 0.0672. The largest absolute Gasteiger partial charge is 0.489 e. The van der Waals surface area contributed by atoms with Gasteiger partial charge in [0.15, 0.2) is 15.6 Å². The average Bonchev–Trinajstić information content (AvgIpc) is 1.70. The van der Waals surface area contributed by atoms with Crippen LogP contribution in [0.4, 0.5) is 45.9 Å². The number of aromatic nitrogens is 8. The maximum atomic E-state index is 14.3. The van der Waals surface area contributed by atoms with Gasteiger partial charge in [0.2, 0.25) is 34.9 Å². The zero-order valence-corrected chi connectivity index (χ0v) is 57.2. The van der Waals surface area contributed by atoms with Crippen molar-refractivity contribution in [2.45, 2.75) is 75.8 Å². The van der Waals surface area contributed by atoms with Gasteiger partial charge in [-0.2, -0.15) is 51.6 Å². The molecule has 4 aromatic heterocycles. The number of aryl methyl sites for hydroxylation is 1. The minimum Gasteiger partial charge on any atom is -0.489 e. The molecule has 0 spiro atoms. The van der Waals surface area contributed by atoms with Crippen molar-refractivity contribution in [1.82, 2.24) is 54.6 Å². The predicted octanol–water partition coefficient (Wildman–Crippen LogP) is 8.50. The van der Waals surface area contributed by atoms with Crippen LogP contribution >= 0.6 is 69.9 Å². The van der Waals surface area contributed by atoms with E-state index in [1.807, 2.05) is 52.0 Å². The van der Waals surface area contributed by atoms with Crippen LogP contribution in [0.5, 0.6) is 17.5 Å². The molecule has 93 heavy (non-hydrogen) atoms. The molecule has 2 aromatic carbocycles. The van der Waals surface area contributed by atoms with Gasteiger partial charge in [0.25, 0.3) is 21.8 Å². The van der Waals surface area contributed by atoms with Gasteiger partial charge < -0.3 is 54.3 Å². The summed E-state index contributed by atoms with van der Waals surface area (Å²) in [5, 5.41) is 21.3. The van der Waals surface area contributed by atoms with Crippen LogP contribution in [-0.2, 0) is 42.1 Å². The van der Waals surface area contributed by atoms with Crippen LogP contribution in [0.2, 0.25) is 10.3 Å². The van der Waals surface area contributed by atoms with Gasteiger partial charge in [-0.15, -0.1) is 0 Å². The van der Waals surface area contributed by atoms with Crippen LogP contribution in [0.1, 0.15) is 68.0 Å². The van der Waals surface area contributed by atoms with E-state index in [9.17, 15) is 54.5 Å². The zero-order chi connectivity index (χ0) is 70.5. The summed E-state index contributed by atoms with van der Waals surface area (Å²) in [7, 11) is -1.86. The lowest BCUT2D eigenvalue weighted by atomic mass is 10.1. The predicted molar refractivity (Wildman–Crippen MR) is 338 cm³/mol. The number of anilines is 4. The van der Waals surface area contributed by atoms with Crippen LogP contribution in [0.3, 0.4) is 0 Å². The van der Waals surface area contributed by atoms with Crippen molar-refractivity contribution in [3.05, 3.63) is 98.2 Å². The summed E-state index contributed by atoms with van der Waals surface area (Å²) in [6.07, 6.45) is -4.55. The number of pyridine rings is 1. The first-order valence-corrected chi connectivity index (χ1v) is 32.1. The maximum absolute atomic E-state index is 14.3. The van der Waals surface area contributed by atoms with Gasteiger partial charge in [-0.05, 0) is 105 Å². The number of carboxylic acid groups (broad SMARTS) is 1. The normalized spacial score (nSPS) is 12.5. The van der Waals surface area contributed by atoms with Crippen molar-refractivity contribution in [2.75, 3.05) is 75.1 Å². The number of ether oxygens (including phenoxy) is 4. The van der Waals surface area contributed by atoms with Gasteiger partial charge in [0, 0.05) is 45.5 Å². The number of carbonyl (C=O) groups excluding carboxylic acids is 4. The second kappa shape index (κ2) is 36.2. The molecule has 41 heteroatoms. The smallest absolute Gasteiger partial charge is 0.434 e. The summed E-state index contributed by atoms with van der Waals surface area (Å²) in [6, 6.07) is 12.3. The number of benzene rings is 2. The molecule has 6 aromatic rings. The number of carbonyl (C=O) groups is 5. The number of sulfonamides is 1. The van der Waals surface area contributed by atoms with Gasteiger partial charge in [-0.25, -0.2) is 23.7 Å². The third-order valence-corrected chi connectivity index (χ3v) is 14.3. The Hall–Kier alpha value is -7.54. The number of hydrogen-bond donors (Lipinski definition) is 8. The molecule has 1 unspecified atom stereocenters. The molecule has 5 heterocycles. The Bertz CT molecular complexity index is 3730. The lowest BCUT2D eigenvalue weighted by Crippen LogP contribution is -2.47. The number of methoxy groups -OCH3 is 2. The number of fused-ring (bicyclic) bond motifs is 1. The highest BCUT2D eigenvalue weighted by Crippen LogP contribution is 2.41. The molecule has 510 valence electrons. The standard InChI is InChI=1S/C15H12BrClF4N2O2.C15H18N6O6S.C11H11Cl2NO2.C8H14ClN5.C3H8NO5P/c1-6(2)25-14(24)7-4-8(10(18)5-9(7)17)12-11(16)13(15(19,20)21)23(3)22-12;1-21(2)13(22)9-6-5-7-16-12(9)28(24,25)20-15(23)19-14-17-10(26-3)8-11(18-14)27-4;1-7-6-16-9-5-3-2-4-8(9)14(7)11(15)10(12)13;1-4-10-7-12-6(9)13-8(14-7)11-5(2)3;5-3(6)1-4-2-10(7,8)9/h4-6H,1-3H3;5-8H,1-4H3,(H2,17,18,19,20,23);2-5,7,10H,6H2,1H3;5H,4H2,1-3H3,(H2,10,11,12,13,14);4H,1-2H2,(H,5,6)(H2,7,8,9). The van der Waals surface area contributed by atoms with E-state index in [0.29, 0.717) is 28.9 Å². The van der Waals surface area contributed by atoms with E-state index in [1.165, 1.54) is 57.6 Å². The number of esters is 1. The molecule has 4 amide bonds. The first kappa shape index (κ1) is 79.7. The molecule has 0 bridgehead atoms. The molecule has 1 aliphatic rings. The molecule has 8 N–H and O–H groups in total. The third-order valence-electron chi connectivity index (χ3n) is 10.8. The molecule has 0 aliphatic carbocycles. The average molecular weight is 1500 g/mol. The van der Waals surface area contributed by atoms with E-state index >= 15 is 0 Å². The number of hydrogen-bond acceptors (Lipinski definition) is 22. The number of rotatable bonds is 18. The Labute approximate surface area is 558 Å². The van der Waals surface area contributed by atoms with E-state index in [1.54, 1.807) is 23.5 Å². The molecule has 0 radical (unpaired) electrons. The lowest BCUT2D eigenvalue weighted by Gasteiger charge is -2.35. The number of para-hydroxylation sites is 2. The Morgan fingerprint density at radius 3 is 2.05 bits per heavy atom. The number of urea groups is 1. The van der Waals surface area contributed by atoms with Crippen LogP contribution < -0.4 is 45.1 Å². The molecule has 7 rings (SSSR count). The third kappa shape index (κ3) is 25.4. The van der Waals surface area contributed by atoms with Gasteiger partial charge in [0.1, 0.15) is 23.9 Å². The van der Waals surface area contributed by atoms with E-state index in [-0.39, 0.29) is 68.4 Å². The van der Waals surface area contributed by atoms with E-state index in [2.05, 4.69) is 72.2 Å². The molecule has 0 saturated carbocycles. The second-order valence-electron chi connectivity index (χ2n) is 19.2. The van der Waals surface area contributed by atoms with Crippen LogP contribution in [0, 0.1) is 5.82 Å². The first-order chi connectivity index (χ1) is 43.2. The number of halogens is 9. The highest BCUT2D eigenvalue weighted by molar-refractivity contribution is 9.10. The number of nitrogens with one attached hydrogen (secondary N) is 5. The van der Waals surface area contributed by atoms with E-state index in [4.69, 9.17) is 80.2 Å². The van der Waals surface area contributed by atoms with Crippen LogP contribution in [0.15, 0.2) is 70.3 Å². The van der Waals surface area contributed by atoms with Crippen molar-refractivity contribution >= 4 is 133 Å². The number of aliphatic carboxylic acids is 1. The van der Waals surface area contributed by atoms with E-state index < -0.39 is 92.5 Å². The molecule has 0 saturated heterocycles. The lowest BCUT2D eigenvalue weighted by molar-refractivity contribution is -0.144. The van der Waals surface area contributed by atoms with Crippen LogP contribution in [-0.4, -0.2) is 175 Å².